The summed E-state index contributed by atoms with van der Waals surface area (Å²) >= 11 is 0. The number of hydrogen-bond acceptors (Lipinski definition) is 4. The van der Waals surface area contributed by atoms with Gasteiger partial charge in [0.15, 0.2) is 9.84 Å². The summed E-state index contributed by atoms with van der Waals surface area (Å²) in [6.45, 7) is 0. The zero-order valence-electron chi connectivity index (χ0n) is 6.52. The number of nitrogens with two attached hydrogens (primary N) is 1. The number of hydrogen-bond donors (Lipinski definition) is 1. The molecule has 0 radical (unpaired) electrons. The van der Waals surface area contributed by atoms with Gasteiger partial charge in [0.25, 0.3) is 0 Å². The largest absolute Gasteiger partial charge is 0.412 e. The Morgan fingerprint density at radius 3 is 2.08 bits per heavy atom. The Morgan fingerprint density at radius 1 is 1.25 bits per heavy atom. The van der Waals surface area contributed by atoms with Crippen molar-refractivity contribution in [2.24, 2.45) is 5.90 Å². The molecule has 1 rings (SSSR count). The molecule has 0 fully saturated rings. The van der Waals surface area contributed by atoms with Gasteiger partial charge in [0.1, 0.15) is 5.75 Å². The molecular formula is C7H9NO3S. The number of rotatable bonds is 2. The zero-order chi connectivity index (χ0) is 9.19. The fourth-order valence-corrected chi connectivity index (χ4v) is 1.40. The third-order valence-corrected chi connectivity index (χ3v) is 2.52. The van der Waals surface area contributed by atoms with Gasteiger partial charge >= 0.3 is 0 Å². The van der Waals surface area contributed by atoms with Gasteiger partial charge in [-0.15, -0.1) is 0 Å². The van der Waals surface area contributed by atoms with Crippen molar-refractivity contribution in [1.82, 2.24) is 0 Å². The van der Waals surface area contributed by atoms with Crippen LogP contribution in [0.4, 0.5) is 0 Å². The molecule has 0 unspecified atom stereocenters. The van der Waals surface area contributed by atoms with Crippen LogP contribution in [-0.2, 0) is 9.84 Å². The van der Waals surface area contributed by atoms with Gasteiger partial charge in [0.05, 0.1) is 4.90 Å². The highest BCUT2D eigenvalue weighted by Gasteiger charge is 2.05. The van der Waals surface area contributed by atoms with Crippen molar-refractivity contribution in [1.29, 1.82) is 0 Å². The minimum atomic E-state index is -3.12. The summed E-state index contributed by atoms with van der Waals surface area (Å²) in [6, 6.07) is 5.88. The minimum Gasteiger partial charge on any atom is -0.412 e. The van der Waals surface area contributed by atoms with Crippen LogP contribution in [0.5, 0.6) is 5.75 Å². The van der Waals surface area contributed by atoms with Gasteiger partial charge in [-0.3, -0.25) is 0 Å². The van der Waals surface area contributed by atoms with Crippen LogP contribution in [0.15, 0.2) is 29.2 Å². The summed E-state index contributed by atoms with van der Waals surface area (Å²) in [4.78, 5) is 4.64. The lowest BCUT2D eigenvalue weighted by Crippen LogP contribution is -2.02. The van der Waals surface area contributed by atoms with E-state index in [4.69, 9.17) is 5.90 Å². The molecule has 0 heterocycles. The van der Waals surface area contributed by atoms with Crippen molar-refractivity contribution in [2.75, 3.05) is 6.26 Å². The van der Waals surface area contributed by atoms with Crippen LogP contribution < -0.4 is 10.7 Å². The minimum absolute atomic E-state index is 0.253. The van der Waals surface area contributed by atoms with Crippen molar-refractivity contribution in [3.63, 3.8) is 0 Å². The van der Waals surface area contributed by atoms with Crippen molar-refractivity contribution in [2.45, 2.75) is 4.90 Å². The Hall–Kier alpha value is -1.07. The summed E-state index contributed by atoms with van der Waals surface area (Å²) in [5.41, 5.74) is 0. The lowest BCUT2D eigenvalue weighted by Gasteiger charge is -1.99. The molecule has 0 saturated heterocycles. The molecule has 0 spiro atoms. The topological polar surface area (TPSA) is 69.4 Å². The van der Waals surface area contributed by atoms with Crippen LogP contribution >= 0.6 is 0 Å². The predicted octanol–water partition coefficient (Wildman–Crippen LogP) is 0.343. The highest BCUT2D eigenvalue weighted by Crippen LogP contribution is 2.14. The Morgan fingerprint density at radius 2 is 1.75 bits per heavy atom. The average Bonchev–Trinajstić information content (AvgIpc) is 2.03. The van der Waals surface area contributed by atoms with E-state index in [0.29, 0.717) is 5.75 Å². The molecule has 0 amide bonds. The van der Waals surface area contributed by atoms with Crippen molar-refractivity contribution >= 4 is 9.84 Å². The monoisotopic (exact) mass is 187 g/mol. The van der Waals surface area contributed by atoms with Gasteiger partial charge in [0.2, 0.25) is 0 Å². The van der Waals surface area contributed by atoms with Gasteiger partial charge in [-0.2, -0.15) is 5.90 Å². The van der Waals surface area contributed by atoms with E-state index in [1.165, 1.54) is 24.3 Å². The van der Waals surface area contributed by atoms with Crippen LogP contribution in [0.2, 0.25) is 0 Å². The second-order valence-corrected chi connectivity index (χ2v) is 4.38. The van der Waals surface area contributed by atoms with Gasteiger partial charge < -0.3 is 4.84 Å². The van der Waals surface area contributed by atoms with Crippen LogP contribution in [0.25, 0.3) is 0 Å². The molecule has 12 heavy (non-hydrogen) atoms. The summed E-state index contributed by atoms with van der Waals surface area (Å²) in [5.74, 6) is 5.29. The second-order valence-electron chi connectivity index (χ2n) is 2.36. The quantitative estimate of drug-likeness (QED) is 0.678. The first-order valence-corrected chi connectivity index (χ1v) is 5.10. The SMILES string of the molecule is CS(=O)(=O)c1ccc(ON)cc1. The first-order chi connectivity index (χ1) is 5.54. The first kappa shape index (κ1) is 9.02. The van der Waals surface area contributed by atoms with Crippen molar-refractivity contribution in [3.8, 4) is 5.75 Å². The van der Waals surface area contributed by atoms with Gasteiger partial charge in [-0.1, -0.05) is 0 Å². The van der Waals surface area contributed by atoms with Crippen LogP contribution in [-0.4, -0.2) is 14.7 Å². The Bertz CT molecular complexity index is 355. The average molecular weight is 187 g/mol. The molecule has 1 aromatic rings. The van der Waals surface area contributed by atoms with E-state index < -0.39 is 9.84 Å². The molecule has 0 aliphatic heterocycles. The molecule has 0 bridgehead atoms. The third kappa shape index (κ3) is 1.96. The fourth-order valence-electron chi connectivity index (χ4n) is 0.765. The maximum absolute atomic E-state index is 11.0. The lowest BCUT2D eigenvalue weighted by atomic mass is 10.3. The van der Waals surface area contributed by atoms with E-state index in [-0.39, 0.29) is 4.90 Å². The molecule has 4 nitrogen and oxygen atoms in total. The lowest BCUT2D eigenvalue weighted by molar-refractivity contribution is 0.334. The van der Waals surface area contributed by atoms with Crippen LogP contribution in [0, 0.1) is 0 Å². The molecule has 0 aromatic heterocycles. The molecular weight excluding hydrogens is 178 g/mol. The fraction of sp³-hybridized carbons (Fsp3) is 0.143. The number of sulfone groups is 1. The van der Waals surface area contributed by atoms with Crippen LogP contribution in [0.3, 0.4) is 0 Å². The van der Waals surface area contributed by atoms with E-state index >= 15 is 0 Å². The summed E-state index contributed by atoms with van der Waals surface area (Å²) in [5, 5.41) is 0. The molecule has 5 heteroatoms. The summed E-state index contributed by atoms with van der Waals surface area (Å²) < 4.78 is 21.9. The first-order valence-electron chi connectivity index (χ1n) is 3.21. The maximum atomic E-state index is 11.0. The highest BCUT2D eigenvalue weighted by atomic mass is 32.2. The Balaban J connectivity index is 3.09. The van der Waals surface area contributed by atoms with Crippen molar-refractivity contribution in [3.05, 3.63) is 24.3 Å². The molecule has 0 aliphatic carbocycles. The van der Waals surface area contributed by atoms with Gasteiger partial charge in [-0.05, 0) is 24.3 Å². The van der Waals surface area contributed by atoms with E-state index in [0.717, 1.165) is 6.26 Å². The van der Waals surface area contributed by atoms with E-state index in [1.54, 1.807) is 0 Å². The van der Waals surface area contributed by atoms with Gasteiger partial charge in [0, 0.05) is 6.26 Å². The molecule has 2 N–H and O–H groups in total. The van der Waals surface area contributed by atoms with E-state index in [9.17, 15) is 8.42 Å². The number of benzene rings is 1. The van der Waals surface area contributed by atoms with Crippen LogP contribution in [0.1, 0.15) is 0 Å². The zero-order valence-corrected chi connectivity index (χ0v) is 7.34. The molecule has 0 saturated carbocycles. The predicted molar refractivity (Wildman–Crippen MR) is 44.4 cm³/mol. The van der Waals surface area contributed by atoms with Crippen molar-refractivity contribution < 1.29 is 13.3 Å². The van der Waals surface area contributed by atoms with Gasteiger partial charge in [-0.25, -0.2) is 8.42 Å². The van der Waals surface area contributed by atoms with E-state index in [2.05, 4.69) is 4.84 Å². The second kappa shape index (κ2) is 3.12. The Kier molecular flexibility index (Phi) is 2.35. The smallest absolute Gasteiger partial charge is 0.175 e. The third-order valence-electron chi connectivity index (χ3n) is 1.39. The van der Waals surface area contributed by atoms with E-state index in [1.807, 2.05) is 0 Å². The standard InChI is InChI=1S/C7H9NO3S/c1-12(9,10)7-4-2-6(11-8)3-5-7/h2-5H,8H2,1H3. The molecule has 1 aromatic carbocycles. The summed E-state index contributed by atoms with van der Waals surface area (Å²) in [6.07, 6.45) is 1.14. The summed E-state index contributed by atoms with van der Waals surface area (Å²) in [7, 11) is -3.12. The normalized spacial score (nSPS) is 11.2. The highest BCUT2D eigenvalue weighted by molar-refractivity contribution is 7.90. The maximum Gasteiger partial charge on any atom is 0.175 e. The molecule has 66 valence electrons. The molecule has 0 atom stereocenters. The Labute approximate surface area is 70.8 Å². The molecule has 0 aliphatic rings.